The molecule has 122 valence electrons. The van der Waals surface area contributed by atoms with E-state index in [1.54, 1.807) is 31.5 Å². The fourth-order valence-corrected chi connectivity index (χ4v) is 2.50. The summed E-state index contributed by atoms with van der Waals surface area (Å²) in [5.74, 6) is -0.880. The zero-order valence-electron chi connectivity index (χ0n) is 12.9. The minimum atomic E-state index is -0.487. The number of nitrogens with zero attached hydrogens (tertiary/aromatic N) is 3. The number of anilines is 1. The summed E-state index contributed by atoms with van der Waals surface area (Å²) in [7, 11) is 1.30. The molecule has 0 unspecified atom stereocenters. The minimum Gasteiger partial charge on any atom is -0.465 e. The average molecular weight is 345 g/mol. The van der Waals surface area contributed by atoms with Crippen LogP contribution in [0.1, 0.15) is 26.3 Å². The van der Waals surface area contributed by atoms with Crippen molar-refractivity contribution in [2.45, 2.75) is 6.92 Å². The monoisotopic (exact) mass is 344 g/mol. The zero-order valence-corrected chi connectivity index (χ0v) is 13.7. The number of halogens is 1. The van der Waals surface area contributed by atoms with Gasteiger partial charge in [0.05, 0.1) is 29.6 Å². The van der Waals surface area contributed by atoms with Gasteiger partial charge in [-0.25, -0.2) is 14.3 Å². The van der Waals surface area contributed by atoms with Crippen molar-refractivity contribution in [2.75, 3.05) is 12.4 Å². The van der Waals surface area contributed by atoms with Crippen LogP contribution in [0.15, 0.2) is 36.8 Å². The zero-order chi connectivity index (χ0) is 17.3. The maximum atomic E-state index is 12.5. The number of benzene rings is 1. The lowest BCUT2D eigenvalue weighted by atomic mass is 10.1. The largest absolute Gasteiger partial charge is 0.465 e. The summed E-state index contributed by atoms with van der Waals surface area (Å²) in [5.41, 5.74) is 2.13. The molecule has 0 saturated heterocycles. The van der Waals surface area contributed by atoms with Crippen LogP contribution in [-0.2, 0) is 4.74 Å². The predicted octanol–water partition coefficient (Wildman–Crippen LogP) is 2.73. The summed E-state index contributed by atoms with van der Waals surface area (Å²) >= 11 is 6.17. The average Bonchev–Trinajstić information content (AvgIpc) is 3.01. The van der Waals surface area contributed by atoms with Crippen LogP contribution >= 0.6 is 11.6 Å². The van der Waals surface area contributed by atoms with Crippen molar-refractivity contribution >= 4 is 34.8 Å². The third-order valence-corrected chi connectivity index (χ3v) is 3.80. The number of methoxy groups -OCH3 is 1. The highest BCUT2D eigenvalue weighted by Gasteiger charge is 2.17. The van der Waals surface area contributed by atoms with Crippen molar-refractivity contribution in [1.29, 1.82) is 0 Å². The standard InChI is InChI=1S/C16H13ClN4O3/c1-9-6-13(12(17)7-10(9)16(23)24-2)20-15(22)11-8-19-21-5-3-4-18-14(11)21/h3-8H,1-2H3,(H,20,22). The number of hydrogen-bond acceptors (Lipinski definition) is 5. The number of fused-ring (bicyclic) bond motifs is 1. The number of amides is 1. The Hall–Kier alpha value is -2.93. The Morgan fingerprint density at radius 3 is 2.83 bits per heavy atom. The maximum absolute atomic E-state index is 12.5. The number of carbonyl (C=O) groups is 2. The molecule has 0 aliphatic heterocycles. The van der Waals surface area contributed by atoms with E-state index < -0.39 is 11.9 Å². The molecule has 3 rings (SSSR count). The lowest BCUT2D eigenvalue weighted by Gasteiger charge is -2.10. The molecule has 24 heavy (non-hydrogen) atoms. The number of rotatable bonds is 3. The van der Waals surface area contributed by atoms with Crippen molar-refractivity contribution < 1.29 is 14.3 Å². The molecule has 0 fully saturated rings. The van der Waals surface area contributed by atoms with Gasteiger partial charge in [-0.3, -0.25) is 4.79 Å². The number of esters is 1. The molecule has 0 aliphatic rings. The highest BCUT2D eigenvalue weighted by molar-refractivity contribution is 6.34. The van der Waals surface area contributed by atoms with Gasteiger partial charge in [-0.1, -0.05) is 11.6 Å². The molecule has 0 atom stereocenters. The molecule has 0 radical (unpaired) electrons. The second kappa shape index (κ2) is 6.29. The van der Waals surface area contributed by atoms with Gasteiger partial charge >= 0.3 is 5.97 Å². The first kappa shape index (κ1) is 15.9. The SMILES string of the molecule is COC(=O)c1cc(Cl)c(NC(=O)c2cnn3cccnc23)cc1C. The van der Waals surface area contributed by atoms with Crippen LogP contribution in [0.4, 0.5) is 5.69 Å². The van der Waals surface area contributed by atoms with Gasteiger partial charge in [0.15, 0.2) is 5.65 Å². The van der Waals surface area contributed by atoms with E-state index >= 15 is 0 Å². The summed E-state index contributed by atoms with van der Waals surface area (Å²) in [5, 5.41) is 7.02. The number of nitrogens with one attached hydrogen (secondary N) is 1. The smallest absolute Gasteiger partial charge is 0.338 e. The van der Waals surface area contributed by atoms with E-state index in [0.29, 0.717) is 28.0 Å². The first-order valence-electron chi connectivity index (χ1n) is 6.99. The normalized spacial score (nSPS) is 10.6. The third-order valence-electron chi connectivity index (χ3n) is 3.49. The van der Waals surface area contributed by atoms with E-state index in [-0.39, 0.29) is 5.02 Å². The van der Waals surface area contributed by atoms with Crippen molar-refractivity contribution in [3.8, 4) is 0 Å². The Kier molecular flexibility index (Phi) is 4.18. The van der Waals surface area contributed by atoms with E-state index in [1.165, 1.54) is 23.9 Å². The van der Waals surface area contributed by atoms with Gasteiger partial charge in [0.25, 0.3) is 5.91 Å². The van der Waals surface area contributed by atoms with Crippen LogP contribution in [0, 0.1) is 6.92 Å². The second-order valence-corrected chi connectivity index (χ2v) is 5.45. The number of carbonyl (C=O) groups excluding carboxylic acids is 2. The third kappa shape index (κ3) is 2.81. The molecule has 2 aromatic heterocycles. The number of aromatic nitrogens is 3. The van der Waals surface area contributed by atoms with E-state index in [2.05, 4.69) is 15.4 Å². The molecule has 0 aliphatic carbocycles. The summed E-state index contributed by atoms with van der Waals surface area (Å²) in [6.45, 7) is 1.73. The Balaban J connectivity index is 1.92. The lowest BCUT2D eigenvalue weighted by Crippen LogP contribution is -2.13. The second-order valence-electron chi connectivity index (χ2n) is 5.04. The van der Waals surface area contributed by atoms with Gasteiger partial charge in [-0.15, -0.1) is 0 Å². The molecule has 0 saturated carbocycles. The van der Waals surface area contributed by atoms with E-state index in [9.17, 15) is 9.59 Å². The molecule has 0 bridgehead atoms. The van der Waals surface area contributed by atoms with Crippen molar-refractivity contribution in [2.24, 2.45) is 0 Å². The Morgan fingerprint density at radius 1 is 1.29 bits per heavy atom. The summed E-state index contributed by atoms with van der Waals surface area (Å²) in [4.78, 5) is 28.3. The predicted molar refractivity (Wildman–Crippen MR) is 88.5 cm³/mol. The quantitative estimate of drug-likeness (QED) is 0.738. The van der Waals surface area contributed by atoms with Gasteiger partial charge in [0.2, 0.25) is 0 Å². The van der Waals surface area contributed by atoms with Gasteiger partial charge in [-0.05, 0) is 30.7 Å². The highest BCUT2D eigenvalue weighted by atomic mass is 35.5. The topological polar surface area (TPSA) is 85.6 Å². The molecule has 2 heterocycles. The Morgan fingerprint density at radius 2 is 2.08 bits per heavy atom. The number of aryl methyl sites for hydroxylation is 1. The molecule has 1 N–H and O–H groups in total. The van der Waals surface area contributed by atoms with E-state index in [0.717, 1.165) is 0 Å². The maximum Gasteiger partial charge on any atom is 0.338 e. The summed E-state index contributed by atoms with van der Waals surface area (Å²) in [6.07, 6.45) is 4.71. The van der Waals surface area contributed by atoms with E-state index in [1.807, 2.05) is 0 Å². The number of hydrogen-bond donors (Lipinski definition) is 1. The molecular weight excluding hydrogens is 332 g/mol. The van der Waals surface area contributed by atoms with Crippen LogP contribution in [0.25, 0.3) is 5.65 Å². The van der Waals surface area contributed by atoms with E-state index in [4.69, 9.17) is 16.3 Å². The van der Waals surface area contributed by atoms with Crippen LogP contribution in [-0.4, -0.2) is 33.6 Å². The molecule has 3 aromatic rings. The molecule has 7 nitrogen and oxygen atoms in total. The first-order chi connectivity index (χ1) is 11.5. The fraction of sp³-hybridized carbons (Fsp3) is 0.125. The van der Waals surface area contributed by atoms with Gasteiger partial charge in [0.1, 0.15) is 5.56 Å². The van der Waals surface area contributed by atoms with Gasteiger partial charge in [-0.2, -0.15) is 5.10 Å². The summed E-state index contributed by atoms with van der Waals surface area (Å²) in [6, 6.07) is 4.80. The van der Waals surface area contributed by atoms with Crippen LogP contribution < -0.4 is 5.32 Å². The molecule has 1 amide bonds. The van der Waals surface area contributed by atoms with Gasteiger partial charge < -0.3 is 10.1 Å². The summed E-state index contributed by atoms with van der Waals surface area (Å²) < 4.78 is 6.20. The molecule has 8 heteroatoms. The minimum absolute atomic E-state index is 0.235. The van der Waals surface area contributed by atoms with Crippen molar-refractivity contribution in [3.63, 3.8) is 0 Å². The Bertz CT molecular complexity index is 952. The molecule has 0 spiro atoms. The van der Waals surface area contributed by atoms with Crippen LogP contribution in [0.2, 0.25) is 5.02 Å². The van der Waals surface area contributed by atoms with Gasteiger partial charge in [0, 0.05) is 12.4 Å². The lowest BCUT2D eigenvalue weighted by molar-refractivity contribution is 0.0600. The van der Waals surface area contributed by atoms with Crippen LogP contribution in [0.3, 0.4) is 0 Å². The molecule has 1 aromatic carbocycles. The van der Waals surface area contributed by atoms with Crippen LogP contribution in [0.5, 0.6) is 0 Å². The Labute approximate surface area is 142 Å². The molecular formula is C16H13ClN4O3. The van der Waals surface area contributed by atoms with Crippen molar-refractivity contribution in [1.82, 2.24) is 14.6 Å². The van der Waals surface area contributed by atoms with Crippen molar-refractivity contribution in [3.05, 3.63) is 58.5 Å². The number of ether oxygens (including phenoxy) is 1. The highest BCUT2D eigenvalue weighted by Crippen LogP contribution is 2.27. The fourth-order valence-electron chi connectivity index (χ4n) is 2.28. The first-order valence-corrected chi connectivity index (χ1v) is 7.37.